The molecule has 3 aromatic rings. The van der Waals surface area contributed by atoms with E-state index in [1.54, 1.807) is 30.5 Å². The van der Waals surface area contributed by atoms with Gasteiger partial charge in [-0.25, -0.2) is 9.97 Å². The molecule has 0 radical (unpaired) electrons. The second kappa shape index (κ2) is 4.81. The van der Waals surface area contributed by atoms with Crippen LogP contribution in [0.15, 0.2) is 51.8 Å². The monoisotopic (exact) mass is 317 g/mol. The molecule has 0 fully saturated rings. The van der Waals surface area contributed by atoms with Gasteiger partial charge in [-0.15, -0.1) is 0 Å². The van der Waals surface area contributed by atoms with Crippen LogP contribution < -0.4 is 5.32 Å². The van der Waals surface area contributed by atoms with Crippen molar-refractivity contribution in [2.45, 2.75) is 0 Å². The number of oxazole rings is 1. The van der Waals surface area contributed by atoms with E-state index in [2.05, 4.69) is 31.2 Å². The number of pyridine rings is 1. The Morgan fingerprint density at radius 3 is 2.89 bits per heavy atom. The third kappa shape index (κ3) is 2.48. The quantitative estimate of drug-likeness (QED) is 0.787. The maximum Gasteiger partial charge on any atom is 0.256 e. The van der Waals surface area contributed by atoms with Crippen LogP contribution in [0.25, 0.3) is 11.1 Å². The third-order valence-electron chi connectivity index (χ3n) is 2.56. The molecular formula is C13H8BrN3O2. The molecule has 0 aliphatic heterocycles. The molecule has 0 atom stereocenters. The predicted octanol–water partition coefficient (Wildman–Crippen LogP) is 3.24. The molecule has 3 rings (SSSR count). The van der Waals surface area contributed by atoms with Gasteiger partial charge in [0.25, 0.3) is 5.91 Å². The molecule has 0 saturated carbocycles. The number of aromatic nitrogens is 2. The van der Waals surface area contributed by atoms with E-state index in [9.17, 15) is 4.79 Å². The van der Waals surface area contributed by atoms with E-state index in [1.165, 1.54) is 6.39 Å². The molecule has 1 amide bonds. The van der Waals surface area contributed by atoms with Crippen molar-refractivity contribution in [2.75, 3.05) is 5.32 Å². The number of nitrogens with zero attached hydrogens (tertiary/aromatic N) is 2. The first kappa shape index (κ1) is 11.9. The molecule has 0 unspecified atom stereocenters. The van der Waals surface area contributed by atoms with Crippen molar-refractivity contribution in [3.8, 4) is 0 Å². The van der Waals surface area contributed by atoms with Crippen LogP contribution in [0.4, 0.5) is 5.82 Å². The fraction of sp³-hybridized carbons (Fsp3) is 0. The average molecular weight is 318 g/mol. The third-order valence-corrected chi connectivity index (χ3v) is 3.03. The Morgan fingerprint density at radius 1 is 1.21 bits per heavy atom. The van der Waals surface area contributed by atoms with Gasteiger partial charge in [0.1, 0.15) is 11.3 Å². The first-order valence-corrected chi connectivity index (χ1v) is 6.28. The summed E-state index contributed by atoms with van der Waals surface area (Å²) < 4.78 is 6.02. The van der Waals surface area contributed by atoms with Gasteiger partial charge in [0, 0.05) is 16.2 Å². The molecule has 2 aromatic heterocycles. The van der Waals surface area contributed by atoms with Gasteiger partial charge in [-0.05, 0) is 46.3 Å². The number of fused-ring (bicyclic) bond motifs is 1. The number of nitrogens with one attached hydrogen (secondary N) is 1. The summed E-state index contributed by atoms with van der Waals surface area (Å²) >= 11 is 3.28. The number of halogens is 1. The summed E-state index contributed by atoms with van der Waals surface area (Å²) in [5.74, 6) is 0.249. The largest absolute Gasteiger partial charge is 0.443 e. The molecule has 0 saturated heterocycles. The Kier molecular flexibility index (Phi) is 3.00. The maximum atomic E-state index is 12.0. The van der Waals surface area contributed by atoms with Crippen LogP contribution in [-0.2, 0) is 0 Å². The van der Waals surface area contributed by atoms with Crippen molar-refractivity contribution in [2.24, 2.45) is 0 Å². The Morgan fingerprint density at radius 2 is 2.11 bits per heavy atom. The number of benzene rings is 1. The first-order chi connectivity index (χ1) is 9.22. The molecule has 0 aliphatic carbocycles. The lowest BCUT2D eigenvalue weighted by Crippen LogP contribution is -2.12. The minimum atomic E-state index is -0.242. The number of anilines is 1. The number of hydrogen-bond acceptors (Lipinski definition) is 4. The highest BCUT2D eigenvalue weighted by Crippen LogP contribution is 2.16. The zero-order valence-electron chi connectivity index (χ0n) is 9.63. The summed E-state index contributed by atoms with van der Waals surface area (Å²) in [6, 6.07) is 8.61. The number of carbonyl (C=O) groups is 1. The SMILES string of the molecule is O=C(Nc1ccc(Br)cn1)c1ccc2ncoc2c1. The molecule has 94 valence electrons. The summed E-state index contributed by atoms with van der Waals surface area (Å²) in [5, 5.41) is 2.71. The van der Waals surface area contributed by atoms with Gasteiger partial charge in [-0.1, -0.05) is 0 Å². The Labute approximate surface area is 116 Å². The van der Waals surface area contributed by atoms with Crippen LogP contribution in [0.1, 0.15) is 10.4 Å². The lowest BCUT2D eigenvalue weighted by molar-refractivity contribution is 0.102. The van der Waals surface area contributed by atoms with Crippen molar-refractivity contribution < 1.29 is 9.21 Å². The van der Waals surface area contributed by atoms with Gasteiger partial charge in [0.2, 0.25) is 0 Å². The molecule has 6 heteroatoms. The van der Waals surface area contributed by atoms with E-state index >= 15 is 0 Å². The molecule has 2 heterocycles. The van der Waals surface area contributed by atoms with E-state index in [0.29, 0.717) is 17.0 Å². The van der Waals surface area contributed by atoms with Gasteiger partial charge < -0.3 is 9.73 Å². The van der Waals surface area contributed by atoms with Crippen LogP contribution in [0, 0.1) is 0 Å². The van der Waals surface area contributed by atoms with Crippen LogP contribution in [0.3, 0.4) is 0 Å². The van der Waals surface area contributed by atoms with E-state index < -0.39 is 0 Å². The van der Waals surface area contributed by atoms with E-state index in [-0.39, 0.29) is 5.91 Å². The minimum Gasteiger partial charge on any atom is -0.443 e. The normalized spacial score (nSPS) is 10.6. The Hall–Kier alpha value is -2.21. The van der Waals surface area contributed by atoms with Crippen molar-refractivity contribution in [3.05, 3.63) is 53.0 Å². The highest BCUT2D eigenvalue weighted by molar-refractivity contribution is 9.10. The minimum absolute atomic E-state index is 0.242. The number of carbonyl (C=O) groups excluding carboxylic acids is 1. The Balaban J connectivity index is 1.84. The van der Waals surface area contributed by atoms with Gasteiger partial charge in [0.15, 0.2) is 12.0 Å². The van der Waals surface area contributed by atoms with E-state index in [0.717, 1.165) is 9.99 Å². The molecule has 0 spiro atoms. The lowest BCUT2D eigenvalue weighted by Gasteiger charge is -2.04. The van der Waals surface area contributed by atoms with Crippen molar-refractivity contribution in [3.63, 3.8) is 0 Å². The summed E-state index contributed by atoms with van der Waals surface area (Å²) in [7, 11) is 0. The fourth-order valence-corrected chi connectivity index (χ4v) is 1.87. The molecular weight excluding hydrogens is 310 g/mol. The van der Waals surface area contributed by atoms with Crippen LogP contribution in [0.5, 0.6) is 0 Å². The topological polar surface area (TPSA) is 68.0 Å². The van der Waals surface area contributed by atoms with Gasteiger partial charge in [-0.2, -0.15) is 0 Å². The molecule has 1 N–H and O–H groups in total. The lowest BCUT2D eigenvalue weighted by atomic mass is 10.2. The first-order valence-electron chi connectivity index (χ1n) is 5.48. The number of amides is 1. The summed E-state index contributed by atoms with van der Waals surface area (Å²) in [6.45, 7) is 0. The highest BCUT2D eigenvalue weighted by Gasteiger charge is 2.09. The van der Waals surface area contributed by atoms with Crippen LogP contribution in [-0.4, -0.2) is 15.9 Å². The van der Waals surface area contributed by atoms with Gasteiger partial charge >= 0.3 is 0 Å². The summed E-state index contributed by atoms with van der Waals surface area (Å²) in [6.07, 6.45) is 2.97. The van der Waals surface area contributed by atoms with Crippen LogP contribution >= 0.6 is 15.9 Å². The van der Waals surface area contributed by atoms with Crippen molar-refractivity contribution in [1.29, 1.82) is 0 Å². The molecule has 5 nitrogen and oxygen atoms in total. The highest BCUT2D eigenvalue weighted by atomic mass is 79.9. The molecule has 1 aromatic carbocycles. The number of rotatable bonds is 2. The van der Waals surface area contributed by atoms with E-state index in [4.69, 9.17) is 4.42 Å². The summed E-state index contributed by atoms with van der Waals surface area (Å²) in [5.41, 5.74) is 1.80. The zero-order valence-corrected chi connectivity index (χ0v) is 11.2. The molecule has 0 bridgehead atoms. The molecule has 0 aliphatic rings. The zero-order chi connectivity index (χ0) is 13.2. The predicted molar refractivity (Wildman–Crippen MR) is 73.9 cm³/mol. The fourth-order valence-electron chi connectivity index (χ4n) is 1.63. The second-order valence-corrected chi connectivity index (χ2v) is 4.77. The van der Waals surface area contributed by atoms with Gasteiger partial charge in [0.05, 0.1) is 0 Å². The van der Waals surface area contributed by atoms with E-state index in [1.807, 2.05) is 6.07 Å². The standard InChI is InChI=1S/C13H8BrN3O2/c14-9-2-4-12(15-6-9)17-13(18)8-1-3-10-11(5-8)19-7-16-10/h1-7H,(H,15,17,18). The van der Waals surface area contributed by atoms with Gasteiger partial charge in [-0.3, -0.25) is 4.79 Å². The average Bonchev–Trinajstić information content (AvgIpc) is 2.88. The molecule has 19 heavy (non-hydrogen) atoms. The van der Waals surface area contributed by atoms with Crippen molar-refractivity contribution in [1.82, 2.24) is 9.97 Å². The smallest absolute Gasteiger partial charge is 0.256 e. The summed E-state index contributed by atoms with van der Waals surface area (Å²) in [4.78, 5) is 20.1. The number of hydrogen-bond donors (Lipinski definition) is 1. The van der Waals surface area contributed by atoms with Crippen molar-refractivity contribution >= 4 is 38.8 Å². The van der Waals surface area contributed by atoms with Crippen LogP contribution in [0.2, 0.25) is 0 Å². The Bertz CT molecular complexity index is 737. The second-order valence-electron chi connectivity index (χ2n) is 3.85. The maximum absolute atomic E-state index is 12.0.